The number of benzene rings is 1. The lowest BCUT2D eigenvalue weighted by Crippen LogP contribution is -2.15. The molecule has 1 aromatic heterocycles. The lowest BCUT2D eigenvalue weighted by molar-refractivity contribution is 0.291. The highest BCUT2D eigenvalue weighted by Crippen LogP contribution is 2.17. The van der Waals surface area contributed by atoms with Gasteiger partial charge in [0.15, 0.2) is 5.84 Å². The standard InChI is InChI=1S/C14H15N3O3/c1-19-11-6-4-10(5-7-11)9-20-14-12(13(15)17-18)3-2-8-16-14/h2-8,18H,9H2,1H3,(H2,15,17). The Labute approximate surface area is 116 Å². The van der Waals surface area contributed by atoms with Gasteiger partial charge in [-0.3, -0.25) is 0 Å². The molecule has 0 atom stereocenters. The maximum absolute atomic E-state index is 8.72. The number of nitrogens with two attached hydrogens (primary N) is 1. The summed E-state index contributed by atoms with van der Waals surface area (Å²) >= 11 is 0. The molecule has 0 fully saturated rings. The third-order valence-corrected chi connectivity index (χ3v) is 2.69. The summed E-state index contributed by atoms with van der Waals surface area (Å²) in [5, 5.41) is 11.7. The zero-order valence-electron chi connectivity index (χ0n) is 11.0. The molecule has 20 heavy (non-hydrogen) atoms. The minimum atomic E-state index is -0.0390. The summed E-state index contributed by atoms with van der Waals surface area (Å²) in [6.07, 6.45) is 1.58. The van der Waals surface area contributed by atoms with Crippen LogP contribution in [0.1, 0.15) is 11.1 Å². The molecule has 104 valence electrons. The molecule has 0 saturated carbocycles. The molecular formula is C14H15N3O3. The van der Waals surface area contributed by atoms with Crippen molar-refractivity contribution >= 4 is 5.84 Å². The highest BCUT2D eigenvalue weighted by Gasteiger charge is 2.09. The van der Waals surface area contributed by atoms with Gasteiger partial charge in [0, 0.05) is 6.20 Å². The van der Waals surface area contributed by atoms with Crippen molar-refractivity contribution in [2.45, 2.75) is 6.61 Å². The molecule has 2 aromatic rings. The predicted molar refractivity (Wildman–Crippen MR) is 74.1 cm³/mol. The molecule has 3 N–H and O–H groups in total. The van der Waals surface area contributed by atoms with E-state index in [-0.39, 0.29) is 5.84 Å². The number of methoxy groups -OCH3 is 1. The molecule has 0 spiro atoms. The summed E-state index contributed by atoms with van der Waals surface area (Å²) < 4.78 is 10.7. The molecule has 6 heteroatoms. The fourth-order valence-corrected chi connectivity index (χ4v) is 1.63. The zero-order chi connectivity index (χ0) is 14.4. The van der Waals surface area contributed by atoms with E-state index in [9.17, 15) is 0 Å². The Kier molecular flexibility index (Phi) is 4.39. The molecule has 1 heterocycles. The summed E-state index contributed by atoms with van der Waals surface area (Å²) in [6, 6.07) is 10.8. The normalized spacial score (nSPS) is 11.2. The summed E-state index contributed by atoms with van der Waals surface area (Å²) in [7, 11) is 1.61. The monoisotopic (exact) mass is 273 g/mol. The minimum Gasteiger partial charge on any atom is -0.497 e. The fraction of sp³-hybridized carbons (Fsp3) is 0.143. The van der Waals surface area contributed by atoms with Crippen LogP contribution in [0.3, 0.4) is 0 Å². The Bertz CT molecular complexity index is 597. The van der Waals surface area contributed by atoms with Crippen LogP contribution in [0.25, 0.3) is 0 Å². The molecule has 0 radical (unpaired) electrons. The van der Waals surface area contributed by atoms with E-state index in [2.05, 4.69) is 10.1 Å². The van der Waals surface area contributed by atoms with Crippen LogP contribution in [0, 0.1) is 0 Å². The van der Waals surface area contributed by atoms with Gasteiger partial charge in [0.25, 0.3) is 0 Å². The van der Waals surface area contributed by atoms with Crippen LogP contribution in [0.5, 0.6) is 11.6 Å². The number of hydrogen-bond donors (Lipinski definition) is 2. The Morgan fingerprint density at radius 3 is 2.70 bits per heavy atom. The first-order valence-electron chi connectivity index (χ1n) is 5.93. The summed E-state index contributed by atoms with van der Waals surface area (Å²) in [5.74, 6) is 1.06. The Morgan fingerprint density at radius 1 is 1.30 bits per heavy atom. The van der Waals surface area contributed by atoms with Gasteiger partial charge in [0.05, 0.1) is 12.7 Å². The molecular weight excluding hydrogens is 258 g/mol. The third kappa shape index (κ3) is 3.17. The maximum atomic E-state index is 8.72. The van der Waals surface area contributed by atoms with Crippen molar-refractivity contribution in [1.29, 1.82) is 0 Å². The number of pyridine rings is 1. The molecule has 0 saturated heterocycles. The highest BCUT2D eigenvalue weighted by molar-refractivity contribution is 5.98. The predicted octanol–water partition coefficient (Wildman–Crippen LogP) is 1.76. The first-order valence-corrected chi connectivity index (χ1v) is 5.93. The van der Waals surface area contributed by atoms with E-state index in [4.69, 9.17) is 20.4 Å². The Balaban J connectivity index is 2.10. The van der Waals surface area contributed by atoms with Crippen LogP contribution in [0.15, 0.2) is 47.8 Å². The van der Waals surface area contributed by atoms with Gasteiger partial charge < -0.3 is 20.4 Å². The first-order chi connectivity index (χ1) is 9.74. The minimum absolute atomic E-state index is 0.0390. The third-order valence-electron chi connectivity index (χ3n) is 2.69. The fourth-order valence-electron chi connectivity index (χ4n) is 1.63. The van der Waals surface area contributed by atoms with E-state index in [0.29, 0.717) is 18.1 Å². The summed E-state index contributed by atoms with van der Waals surface area (Å²) in [5.41, 5.74) is 6.97. The Morgan fingerprint density at radius 2 is 2.05 bits per heavy atom. The van der Waals surface area contributed by atoms with Crippen molar-refractivity contribution in [3.63, 3.8) is 0 Å². The zero-order valence-corrected chi connectivity index (χ0v) is 11.0. The topological polar surface area (TPSA) is 90.0 Å². The van der Waals surface area contributed by atoms with E-state index in [1.807, 2.05) is 24.3 Å². The average Bonchev–Trinajstić information content (AvgIpc) is 2.53. The van der Waals surface area contributed by atoms with Crippen molar-refractivity contribution in [3.8, 4) is 11.6 Å². The van der Waals surface area contributed by atoms with Crippen LogP contribution >= 0.6 is 0 Å². The van der Waals surface area contributed by atoms with Crippen molar-refractivity contribution < 1.29 is 14.7 Å². The van der Waals surface area contributed by atoms with E-state index < -0.39 is 0 Å². The smallest absolute Gasteiger partial charge is 0.224 e. The number of amidine groups is 1. The largest absolute Gasteiger partial charge is 0.497 e. The number of ether oxygens (including phenoxy) is 2. The molecule has 0 aliphatic heterocycles. The summed E-state index contributed by atoms with van der Waals surface area (Å²) in [4.78, 5) is 4.08. The second-order valence-corrected chi connectivity index (χ2v) is 3.98. The molecule has 0 aliphatic carbocycles. The van der Waals surface area contributed by atoms with Crippen LogP contribution in [-0.4, -0.2) is 23.1 Å². The maximum Gasteiger partial charge on any atom is 0.224 e. The quantitative estimate of drug-likeness (QED) is 0.375. The molecule has 1 aromatic carbocycles. The van der Waals surface area contributed by atoms with Crippen molar-refractivity contribution in [1.82, 2.24) is 4.98 Å². The van der Waals surface area contributed by atoms with E-state index >= 15 is 0 Å². The van der Waals surface area contributed by atoms with Crippen LogP contribution in [0.2, 0.25) is 0 Å². The average molecular weight is 273 g/mol. The van der Waals surface area contributed by atoms with Gasteiger partial charge in [-0.2, -0.15) is 0 Å². The number of hydrogen-bond acceptors (Lipinski definition) is 5. The van der Waals surface area contributed by atoms with Gasteiger partial charge in [-0.05, 0) is 29.8 Å². The lowest BCUT2D eigenvalue weighted by atomic mass is 10.2. The Hall–Kier alpha value is -2.76. The highest BCUT2D eigenvalue weighted by atomic mass is 16.5. The van der Waals surface area contributed by atoms with Crippen molar-refractivity contribution in [2.24, 2.45) is 10.9 Å². The molecule has 0 bridgehead atoms. The lowest BCUT2D eigenvalue weighted by Gasteiger charge is -2.09. The van der Waals surface area contributed by atoms with Gasteiger partial charge in [-0.25, -0.2) is 4.98 Å². The second-order valence-electron chi connectivity index (χ2n) is 3.98. The SMILES string of the molecule is COc1ccc(COc2ncccc2/C(N)=N/O)cc1. The number of rotatable bonds is 5. The number of oxime groups is 1. The van der Waals surface area contributed by atoms with E-state index in [1.54, 1.807) is 25.4 Å². The second kappa shape index (κ2) is 6.42. The van der Waals surface area contributed by atoms with Crippen LogP contribution in [0.4, 0.5) is 0 Å². The molecule has 6 nitrogen and oxygen atoms in total. The molecule has 2 rings (SSSR count). The first kappa shape index (κ1) is 13.7. The summed E-state index contributed by atoms with van der Waals surface area (Å²) in [6.45, 7) is 0.326. The van der Waals surface area contributed by atoms with Crippen LogP contribution in [-0.2, 0) is 6.61 Å². The van der Waals surface area contributed by atoms with E-state index in [1.165, 1.54) is 0 Å². The molecule has 0 unspecified atom stereocenters. The van der Waals surface area contributed by atoms with Gasteiger partial charge in [0.2, 0.25) is 5.88 Å². The number of aromatic nitrogens is 1. The van der Waals surface area contributed by atoms with Gasteiger partial charge in [-0.1, -0.05) is 17.3 Å². The van der Waals surface area contributed by atoms with Crippen LogP contribution < -0.4 is 15.2 Å². The van der Waals surface area contributed by atoms with Crippen molar-refractivity contribution in [2.75, 3.05) is 7.11 Å². The van der Waals surface area contributed by atoms with E-state index in [0.717, 1.165) is 11.3 Å². The van der Waals surface area contributed by atoms with Gasteiger partial charge >= 0.3 is 0 Å². The van der Waals surface area contributed by atoms with Gasteiger partial charge in [0.1, 0.15) is 12.4 Å². The molecule has 0 amide bonds. The number of nitrogens with zero attached hydrogens (tertiary/aromatic N) is 2. The van der Waals surface area contributed by atoms with Gasteiger partial charge in [-0.15, -0.1) is 0 Å². The van der Waals surface area contributed by atoms with Crippen molar-refractivity contribution in [3.05, 3.63) is 53.7 Å². The molecule has 0 aliphatic rings.